The van der Waals surface area contributed by atoms with Crippen molar-refractivity contribution in [3.8, 4) is 44.5 Å². The average Bonchev–Trinajstić information content (AvgIpc) is 3.92. The second-order valence-electron chi connectivity index (χ2n) is 16.7. The summed E-state index contributed by atoms with van der Waals surface area (Å²) in [5.74, 6) is 0. The number of benzene rings is 10. The molecule has 0 radical (unpaired) electrons. The lowest BCUT2D eigenvalue weighted by Crippen LogP contribution is -2.15. The van der Waals surface area contributed by atoms with E-state index < -0.39 is 0 Å². The van der Waals surface area contributed by atoms with Gasteiger partial charge in [-0.3, -0.25) is 0 Å². The van der Waals surface area contributed by atoms with Crippen LogP contribution in [0.4, 0.5) is 0 Å². The molecule has 0 aliphatic heterocycles. The SMILES string of the molecule is CC1(C)c2ccc(-c3ccc4c(c3)sc3ccc5sc6ccccc6c5c34)cc2-c2ccc(-c3c4ccccc4c(-c4cccc5ccccc45)c4ccccc34)cc21. The smallest absolute Gasteiger partial charge is 0.0362 e. The van der Waals surface area contributed by atoms with Crippen LogP contribution < -0.4 is 0 Å². The third kappa shape index (κ3) is 4.70. The summed E-state index contributed by atoms with van der Waals surface area (Å²) in [6.45, 7) is 4.80. The number of hydrogen-bond acceptors (Lipinski definition) is 2. The highest BCUT2D eigenvalue weighted by molar-refractivity contribution is 7.28. The monoisotopic (exact) mass is 784 g/mol. The molecule has 0 nitrogen and oxygen atoms in total. The lowest BCUT2D eigenvalue weighted by molar-refractivity contribution is 0.660. The Hall–Kier alpha value is -6.58. The lowest BCUT2D eigenvalue weighted by atomic mass is 9.80. The summed E-state index contributed by atoms with van der Waals surface area (Å²) in [4.78, 5) is 0. The molecule has 276 valence electrons. The Morgan fingerprint density at radius 2 is 0.881 bits per heavy atom. The Kier molecular flexibility index (Phi) is 6.92. The van der Waals surface area contributed by atoms with Crippen LogP contribution in [0.3, 0.4) is 0 Å². The van der Waals surface area contributed by atoms with E-state index in [1.54, 1.807) is 0 Å². The van der Waals surface area contributed by atoms with E-state index in [0.29, 0.717) is 0 Å². The number of rotatable bonds is 3. The fourth-order valence-corrected chi connectivity index (χ4v) is 12.8. The van der Waals surface area contributed by atoms with Gasteiger partial charge in [-0.1, -0.05) is 159 Å². The van der Waals surface area contributed by atoms with E-state index in [1.165, 1.54) is 128 Å². The zero-order valence-corrected chi connectivity index (χ0v) is 34.3. The first kappa shape index (κ1) is 33.4. The van der Waals surface area contributed by atoms with Crippen LogP contribution in [0.1, 0.15) is 25.0 Å². The van der Waals surface area contributed by atoms with Gasteiger partial charge in [0.2, 0.25) is 0 Å². The van der Waals surface area contributed by atoms with Crippen molar-refractivity contribution >= 4 is 95.3 Å². The predicted molar refractivity (Wildman–Crippen MR) is 259 cm³/mol. The fourth-order valence-electron chi connectivity index (χ4n) is 10.5. The molecule has 0 unspecified atom stereocenters. The Balaban J connectivity index is 0.957. The van der Waals surface area contributed by atoms with Crippen LogP contribution in [0.5, 0.6) is 0 Å². The van der Waals surface area contributed by atoms with Crippen LogP contribution in [0.2, 0.25) is 0 Å². The zero-order valence-electron chi connectivity index (χ0n) is 32.6. The minimum atomic E-state index is -0.141. The fraction of sp³-hybridized carbons (Fsp3) is 0.0526. The molecule has 0 N–H and O–H groups in total. The summed E-state index contributed by atoms with van der Waals surface area (Å²) >= 11 is 3.81. The van der Waals surface area contributed by atoms with E-state index in [-0.39, 0.29) is 5.41 Å². The van der Waals surface area contributed by atoms with Gasteiger partial charge in [0.05, 0.1) is 0 Å². The molecule has 0 saturated carbocycles. The molecule has 2 heterocycles. The third-order valence-electron chi connectivity index (χ3n) is 13.3. The molecular formula is C57H36S2. The maximum absolute atomic E-state index is 2.50. The highest BCUT2D eigenvalue weighted by Crippen LogP contribution is 2.53. The summed E-state index contributed by atoms with van der Waals surface area (Å²) in [7, 11) is 0. The van der Waals surface area contributed by atoms with Crippen molar-refractivity contribution in [3.63, 3.8) is 0 Å². The van der Waals surface area contributed by atoms with Crippen molar-refractivity contribution in [2.75, 3.05) is 0 Å². The predicted octanol–water partition coefficient (Wildman–Crippen LogP) is 17.2. The van der Waals surface area contributed by atoms with Gasteiger partial charge in [-0.15, -0.1) is 22.7 Å². The van der Waals surface area contributed by atoms with E-state index in [0.717, 1.165) is 0 Å². The first-order valence-electron chi connectivity index (χ1n) is 20.5. The van der Waals surface area contributed by atoms with E-state index in [2.05, 4.69) is 196 Å². The van der Waals surface area contributed by atoms with Gasteiger partial charge in [0.25, 0.3) is 0 Å². The summed E-state index contributed by atoms with van der Waals surface area (Å²) in [6, 6.07) is 68.6. The molecule has 0 atom stereocenters. The van der Waals surface area contributed by atoms with Crippen LogP contribution >= 0.6 is 22.7 Å². The molecule has 10 aromatic carbocycles. The molecule has 12 aromatic rings. The van der Waals surface area contributed by atoms with Crippen LogP contribution in [-0.4, -0.2) is 0 Å². The first-order chi connectivity index (χ1) is 29.0. The lowest BCUT2D eigenvalue weighted by Gasteiger charge is -2.23. The van der Waals surface area contributed by atoms with Crippen molar-refractivity contribution in [1.82, 2.24) is 0 Å². The Morgan fingerprint density at radius 3 is 1.63 bits per heavy atom. The molecule has 13 rings (SSSR count). The summed E-state index contributed by atoms with van der Waals surface area (Å²) < 4.78 is 5.43. The third-order valence-corrected chi connectivity index (χ3v) is 15.5. The van der Waals surface area contributed by atoms with Crippen molar-refractivity contribution in [3.05, 3.63) is 193 Å². The molecule has 1 aliphatic carbocycles. The molecule has 1 aliphatic rings. The van der Waals surface area contributed by atoms with Gasteiger partial charge in [-0.25, -0.2) is 0 Å². The zero-order chi connectivity index (χ0) is 39.0. The molecule has 2 aromatic heterocycles. The van der Waals surface area contributed by atoms with Gasteiger partial charge in [-0.2, -0.15) is 0 Å². The van der Waals surface area contributed by atoms with Crippen molar-refractivity contribution < 1.29 is 0 Å². The highest BCUT2D eigenvalue weighted by Gasteiger charge is 2.36. The van der Waals surface area contributed by atoms with Crippen LogP contribution in [-0.2, 0) is 5.41 Å². The van der Waals surface area contributed by atoms with Crippen molar-refractivity contribution in [2.45, 2.75) is 19.3 Å². The molecule has 59 heavy (non-hydrogen) atoms. The van der Waals surface area contributed by atoms with Gasteiger partial charge in [-0.05, 0) is 124 Å². The van der Waals surface area contributed by atoms with Crippen LogP contribution in [0.15, 0.2) is 182 Å². The van der Waals surface area contributed by atoms with E-state index in [9.17, 15) is 0 Å². The standard InChI is InChI=1S/C57H36S2/c1-57(2)47-27-24-34(35-22-26-45-52(32-35)59-51-29-28-50-55(56(45)51)44-19-9-10-21-49(44)58-50)30-46(47)38-25-23-36(31-48(38)57)53-40-15-5-7-17-42(40)54(43-18-8-6-16-41(43)53)39-20-11-13-33-12-3-4-14-37(33)39/h3-32H,1-2H3. The topological polar surface area (TPSA) is 0 Å². The van der Waals surface area contributed by atoms with Gasteiger partial charge in [0, 0.05) is 45.8 Å². The molecule has 0 amide bonds. The number of thiophene rings is 2. The molecule has 0 fully saturated rings. The molecule has 0 bridgehead atoms. The quantitative estimate of drug-likeness (QED) is 0.157. The number of fused-ring (bicyclic) bond motifs is 13. The van der Waals surface area contributed by atoms with Gasteiger partial charge in [0.1, 0.15) is 0 Å². The average molecular weight is 785 g/mol. The maximum atomic E-state index is 2.50. The summed E-state index contributed by atoms with van der Waals surface area (Å²) in [5, 5.41) is 13.2. The second kappa shape index (κ2) is 12.2. The Bertz CT molecular complexity index is 3700. The Labute approximate surface area is 350 Å². The first-order valence-corrected chi connectivity index (χ1v) is 22.1. The minimum absolute atomic E-state index is 0.141. The molecule has 0 spiro atoms. The van der Waals surface area contributed by atoms with Gasteiger partial charge < -0.3 is 0 Å². The maximum Gasteiger partial charge on any atom is 0.0362 e. The summed E-state index contributed by atoms with van der Waals surface area (Å²) in [5.41, 5.74) is 13.0. The second-order valence-corrected chi connectivity index (χ2v) is 18.9. The van der Waals surface area contributed by atoms with E-state index >= 15 is 0 Å². The van der Waals surface area contributed by atoms with Gasteiger partial charge in [0.15, 0.2) is 0 Å². The van der Waals surface area contributed by atoms with Crippen LogP contribution in [0, 0.1) is 0 Å². The Morgan fingerprint density at radius 1 is 0.322 bits per heavy atom. The highest BCUT2D eigenvalue weighted by atomic mass is 32.1. The van der Waals surface area contributed by atoms with Crippen molar-refractivity contribution in [2.24, 2.45) is 0 Å². The van der Waals surface area contributed by atoms with E-state index in [1.807, 2.05) is 22.7 Å². The van der Waals surface area contributed by atoms with E-state index in [4.69, 9.17) is 0 Å². The van der Waals surface area contributed by atoms with Crippen LogP contribution in [0.25, 0.3) is 117 Å². The minimum Gasteiger partial charge on any atom is -0.135 e. The largest absolute Gasteiger partial charge is 0.135 e. The normalized spacial score (nSPS) is 13.4. The molecule has 0 saturated heterocycles. The number of hydrogen-bond donors (Lipinski definition) is 0. The summed E-state index contributed by atoms with van der Waals surface area (Å²) in [6.07, 6.45) is 0. The van der Waals surface area contributed by atoms with Gasteiger partial charge >= 0.3 is 0 Å². The molecule has 2 heteroatoms. The van der Waals surface area contributed by atoms with Crippen molar-refractivity contribution in [1.29, 1.82) is 0 Å². The molecular weight excluding hydrogens is 749 g/mol.